The molecule has 0 aliphatic carbocycles. The zero-order valence-electron chi connectivity index (χ0n) is 15.7. The predicted molar refractivity (Wildman–Crippen MR) is 108 cm³/mol. The van der Waals surface area contributed by atoms with Crippen LogP contribution in [-0.4, -0.2) is 37.7 Å². The van der Waals surface area contributed by atoms with E-state index in [2.05, 4.69) is 25.4 Å². The number of ether oxygens (including phenoxy) is 1. The summed E-state index contributed by atoms with van der Waals surface area (Å²) in [7, 11) is 1.62. The van der Waals surface area contributed by atoms with E-state index in [4.69, 9.17) is 4.74 Å². The van der Waals surface area contributed by atoms with Crippen molar-refractivity contribution in [3.8, 4) is 17.1 Å². The molecular weight excluding hydrogens is 368 g/mol. The van der Waals surface area contributed by atoms with Gasteiger partial charge >= 0.3 is 0 Å². The molecule has 0 bridgehead atoms. The van der Waals surface area contributed by atoms with Gasteiger partial charge in [-0.2, -0.15) is 9.67 Å². The van der Waals surface area contributed by atoms with Crippen molar-refractivity contribution in [1.82, 2.24) is 24.7 Å². The minimum absolute atomic E-state index is 0.280. The van der Waals surface area contributed by atoms with E-state index in [1.165, 1.54) is 4.68 Å². The largest absolute Gasteiger partial charge is 0.497 e. The van der Waals surface area contributed by atoms with Gasteiger partial charge in [-0.15, -0.1) is 5.10 Å². The molecule has 8 heteroatoms. The Morgan fingerprint density at radius 2 is 1.93 bits per heavy atom. The molecule has 4 aromatic rings. The molecule has 0 saturated carbocycles. The number of aromatic nitrogens is 5. The van der Waals surface area contributed by atoms with Crippen molar-refractivity contribution < 1.29 is 9.53 Å². The maximum atomic E-state index is 12.9. The molecule has 0 amide bonds. The number of pyridine rings is 2. The lowest BCUT2D eigenvalue weighted by atomic mass is 10.2. The van der Waals surface area contributed by atoms with E-state index in [-0.39, 0.29) is 11.6 Å². The van der Waals surface area contributed by atoms with Crippen molar-refractivity contribution in [2.24, 2.45) is 0 Å². The summed E-state index contributed by atoms with van der Waals surface area (Å²) in [6.07, 6.45) is 4.89. The van der Waals surface area contributed by atoms with E-state index in [9.17, 15) is 4.79 Å². The first-order valence-corrected chi connectivity index (χ1v) is 8.94. The average molecular weight is 386 g/mol. The van der Waals surface area contributed by atoms with Gasteiger partial charge in [0.25, 0.3) is 5.91 Å². The Labute approximate surface area is 167 Å². The van der Waals surface area contributed by atoms with Crippen LogP contribution in [-0.2, 0) is 6.54 Å². The Bertz CT molecular complexity index is 1100. The van der Waals surface area contributed by atoms with Crippen molar-refractivity contribution in [2.45, 2.75) is 6.54 Å². The summed E-state index contributed by atoms with van der Waals surface area (Å²) in [6, 6.07) is 16.4. The highest BCUT2D eigenvalue weighted by Gasteiger charge is 2.19. The van der Waals surface area contributed by atoms with Gasteiger partial charge in [-0.3, -0.25) is 14.8 Å². The molecule has 0 spiro atoms. The van der Waals surface area contributed by atoms with E-state index in [1.54, 1.807) is 50.0 Å². The number of nitrogens with one attached hydrogen (secondary N) is 1. The zero-order chi connectivity index (χ0) is 20.1. The number of hydrogen-bond donors (Lipinski definition) is 1. The molecule has 29 heavy (non-hydrogen) atoms. The van der Waals surface area contributed by atoms with E-state index in [0.717, 1.165) is 11.3 Å². The van der Waals surface area contributed by atoms with Crippen LogP contribution in [0, 0.1) is 0 Å². The first-order valence-electron chi connectivity index (χ1n) is 8.94. The number of rotatable bonds is 6. The van der Waals surface area contributed by atoms with Gasteiger partial charge in [0.2, 0.25) is 5.95 Å². The topological polar surface area (TPSA) is 94.8 Å². The quantitative estimate of drug-likeness (QED) is 0.544. The van der Waals surface area contributed by atoms with Gasteiger partial charge in [0.1, 0.15) is 11.4 Å². The summed E-state index contributed by atoms with van der Waals surface area (Å²) in [5, 5.41) is 7.58. The van der Waals surface area contributed by atoms with Crippen LogP contribution in [0.4, 0.5) is 5.95 Å². The number of carbonyl (C=O) groups is 1. The molecule has 144 valence electrons. The van der Waals surface area contributed by atoms with Crippen LogP contribution in [0.1, 0.15) is 16.1 Å². The van der Waals surface area contributed by atoms with Gasteiger partial charge in [0, 0.05) is 30.7 Å². The van der Waals surface area contributed by atoms with Crippen molar-refractivity contribution in [3.05, 3.63) is 84.4 Å². The lowest BCUT2D eigenvalue weighted by molar-refractivity contribution is 0.0942. The number of carbonyl (C=O) groups excluding carboxylic acids is 1. The van der Waals surface area contributed by atoms with E-state index >= 15 is 0 Å². The fourth-order valence-electron chi connectivity index (χ4n) is 2.71. The summed E-state index contributed by atoms with van der Waals surface area (Å²) < 4.78 is 6.41. The van der Waals surface area contributed by atoms with Gasteiger partial charge < -0.3 is 10.1 Å². The molecule has 0 atom stereocenters. The number of hydrogen-bond acceptors (Lipinski definition) is 7. The van der Waals surface area contributed by atoms with Gasteiger partial charge in [-0.05, 0) is 42.0 Å². The third-order valence-electron chi connectivity index (χ3n) is 4.21. The first kappa shape index (κ1) is 18.3. The van der Waals surface area contributed by atoms with Crippen molar-refractivity contribution in [1.29, 1.82) is 0 Å². The monoisotopic (exact) mass is 386 g/mol. The second kappa shape index (κ2) is 8.30. The zero-order valence-corrected chi connectivity index (χ0v) is 15.7. The maximum Gasteiger partial charge on any atom is 0.299 e. The van der Waals surface area contributed by atoms with Crippen LogP contribution in [0.2, 0.25) is 0 Å². The van der Waals surface area contributed by atoms with E-state index < -0.39 is 0 Å². The Balaban J connectivity index is 1.65. The molecule has 3 aromatic heterocycles. The van der Waals surface area contributed by atoms with Crippen LogP contribution in [0.25, 0.3) is 11.4 Å². The molecule has 3 heterocycles. The van der Waals surface area contributed by atoms with Crippen LogP contribution < -0.4 is 10.1 Å². The van der Waals surface area contributed by atoms with Gasteiger partial charge in [0.05, 0.1) is 7.11 Å². The molecule has 0 radical (unpaired) electrons. The Kier molecular flexibility index (Phi) is 5.24. The number of benzene rings is 1. The second-order valence-electron chi connectivity index (χ2n) is 6.13. The standard InChI is InChI=1S/C21H18N6O2/c1-29-17-9-7-15(8-10-17)13-24-21-25-19(16-5-4-11-22-14-16)26-27(21)20(28)18-6-2-3-12-23-18/h2-12,14H,13H2,1H3,(H,24,25,26). The molecule has 0 fully saturated rings. The van der Waals surface area contributed by atoms with Crippen LogP contribution in [0.5, 0.6) is 5.75 Å². The number of anilines is 1. The number of methoxy groups -OCH3 is 1. The third kappa shape index (κ3) is 4.11. The van der Waals surface area contributed by atoms with Gasteiger partial charge in [-0.25, -0.2) is 0 Å². The summed E-state index contributed by atoms with van der Waals surface area (Å²) >= 11 is 0. The fourth-order valence-corrected chi connectivity index (χ4v) is 2.71. The average Bonchev–Trinajstić information content (AvgIpc) is 3.23. The number of nitrogens with zero attached hydrogens (tertiary/aromatic N) is 5. The summed E-state index contributed by atoms with van der Waals surface area (Å²) in [5.74, 6) is 1.14. The summed E-state index contributed by atoms with van der Waals surface area (Å²) in [4.78, 5) is 25.7. The molecule has 1 N–H and O–H groups in total. The highest BCUT2D eigenvalue weighted by molar-refractivity contribution is 5.95. The fraction of sp³-hybridized carbons (Fsp3) is 0.0952. The Morgan fingerprint density at radius 1 is 1.07 bits per heavy atom. The minimum Gasteiger partial charge on any atom is -0.497 e. The van der Waals surface area contributed by atoms with E-state index in [0.29, 0.717) is 23.9 Å². The lowest BCUT2D eigenvalue weighted by Gasteiger charge is -2.07. The SMILES string of the molecule is COc1ccc(CNc2nc(-c3cccnc3)nn2C(=O)c2ccccn2)cc1. The van der Waals surface area contributed by atoms with Crippen molar-refractivity contribution in [2.75, 3.05) is 12.4 Å². The highest BCUT2D eigenvalue weighted by Crippen LogP contribution is 2.19. The van der Waals surface area contributed by atoms with E-state index in [1.807, 2.05) is 30.3 Å². The normalized spacial score (nSPS) is 10.5. The Morgan fingerprint density at radius 3 is 2.62 bits per heavy atom. The summed E-state index contributed by atoms with van der Waals surface area (Å²) in [6.45, 7) is 0.463. The van der Waals surface area contributed by atoms with Crippen LogP contribution >= 0.6 is 0 Å². The molecule has 8 nitrogen and oxygen atoms in total. The first-order chi connectivity index (χ1) is 14.2. The molecule has 0 unspecified atom stereocenters. The second-order valence-corrected chi connectivity index (χ2v) is 6.13. The molecule has 0 aliphatic heterocycles. The smallest absolute Gasteiger partial charge is 0.299 e. The lowest BCUT2D eigenvalue weighted by Crippen LogP contribution is -2.18. The molecule has 4 rings (SSSR count). The van der Waals surface area contributed by atoms with Crippen LogP contribution in [0.15, 0.2) is 73.2 Å². The molecule has 1 aromatic carbocycles. The molecule has 0 aliphatic rings. The molecule has 0 saturated heterocycles. The maximum absolute atomic E-state index is 12.9. The predicted octanol–water partition coefficient (Wildman–Crippen LogP) is 3.04. The van der Waals surface area contributed by atoms with Crippen molar-refractivity contribution in [3.63, 3.8) is 0 Å². The summed E-state index contributed by atoms with van der Waals surface area (Å²) in [5.41, 5.74) is 2.00. The Hall–Kier alpha value is -4.07. The molecular formula is C21H18N6O2. The third-order valence-corrected chi connectivity index (χ3v) is 4.21. The highest BCUT2D eigenvalue weighted by atomic mass is 16.5. The van der Waals surface area contributed by atoms with Crippen LogP contribution in [0.3, 0.4) is 0 Å². The van der Waals surface area contributed by atoms with Gasteiger partial charge in [-0.1, -0.05) is 18.2 Å². The van der Waals surface area contributed by atoms with Gasteiger partial charge in [0.15, 0.2) is 5.82 Å². The van der Waals surface area contributed by atoms with Crippen molar-refractivity contribution >= 4 is 11.9 Å². The minimum atomic E-state index is -0.370.